The van der Waals surface area contributed by atoms with Crippen LogP contribution in [-0.2, 0) is 0 Å². The number of anilines is 15. The average Bonchev–Trinajstić information content (AvgIpc) is 0.731. The Morgan fingerprint density at radius 3 is 1.36 bits per heavy atom. The molecule has 14 aromatic carbocycles. The average molecular weight is 1230 g/mol. The number of rotatable bonds is 9. The van der Waals surface area contributed by atoms with Crippen molar-refractivity contribution in [3.8, 4) is 11.5 Å². The van der Waals surface area contributed by atoms with Gasteiger partial charge in [-0.1, -0.05) is 194 Å². The van der Waals surface area contributed by atoms with Gasteiger partial charge >= 0.3 is 0 Å². The highest BCUT2D eigenvalue weighted by atomic mass is 32.1. The number of nitrogens with zero attached hydrogens (tertiary/aromatic N) is 5. The van der Waals surface area contributed by atoms with Crippen LogP contribution >= 0.6 is 22.7 Å². The minimum atomic E-state index is -0.201. The molecule has 6 nitrogen and oxygen atoms in total. The third-order valence-corrected chi connectivity index (χ3v) is 22.0. The molecule has 0 N–H and O–H groups in total. The summed E-state index contributed by atoms with van der Waals surface area (Å²) in [5.41, 5.74) is 23.6. The highest BCUT2D eigenvalue weighted by Crippen LogP contribution is 2.54. The van der Waals surface area contributed by atoms with E-state index in [1.807, 2.05) is 22.7 Å². The van der Waals surface area contributed by atoms with Crippen LogP contribution in [0.25, 0.3) is 40.3 Å². The number of fused-ring (bicyclic) bond motifs is 14. The summed E-state index contributed by atoms with van der Waals surface area (Å²) in [6.45, 7) is -0.386. The van der Waals surface area contributed by atoms with Crippen molar-refractivity contribution in [1.29, 1.82) is 0 Å². The molecule has 438 valence electrons. The van der Waals surface area contributed by atoms with Crippen LogP contribution in [0, 0.1) is 0 Å². The van der Waals surface area contributed by atoms with Crippen molar-refractivity contribution in [3.63, 3.8) is 0 Å². The summed E-state index contributed by atoms with van der Waals surface area (Å²) in [7, 11) is 0. The third-order valence-electron chi connectivity index (χ3n) is 19.6. The van der Waals surface area contributed by atoms with Gasteiger partial charge in [0.1, 0.15) is 11.5 Å². The summed E-state index contributed by atoms with van der Waals surface area (Å²) >= 11 is 3.73. The first kappa shape index (κ1) is 53.1. The third kappa shape index (κ3) is 7.97. The van der Waals surface area contributed by atoms with Crippen molar-refractivity contribution in [3.05, 3.63) is 322 Å². The van der Waals surface area contributed by atoms with E-state index in [0.717, 1.165) is 108 Å². The molecule has 4 aliphatic rings. The van der Waals surface area contributed by atoms with Crippen molar-refractivity contribution in [2.24, 2.45) is 0 Å². The Kier molecular flexibility index (Phi) is 11.9. The van der Waals surface area contributed by atoms with Crippen molar-refractivity contribution in [1.82, 2.24) is 0 Å². The Morgan fingerprint density at radius 2 is 0.713 bits per heavy atom. The van der Waals surface area contributed by atoms with Gasteiger partial charge in [-0.05, 0) is 154 Å². The molecular formula is C84H53B2N5OS2. The Labute approximate surface area is 553 Å². The zero-order valence-corrected chi connectivity index (χ0v) is 52.3. The fourth-order valence-electron chi connectivity index (χ4n) is 15.8. The first-order chi connectivity index (χ1) is 46.7. The van der Waals surface area contributed by atoms with Gasteiger partial charge in [0, 0.05) is 99.6 Å². The second-order valence-corrected chi connectivity index (χ2v) is 26.8. The van der Waals surface area contributed by atoms with Crippen LogP contribution in [0.3, 0.4) is 0 Å². The summed E-state index contributed by atoms with van der Waals surface area (Å²) in [5.74, 6) is 1.70. The van der Waals surface area contributed by atoms with Gasteiger partial charge in [-0.15, -0.1) is 22.7 Å². The van der Waals surface area contributed by atoms with E-state index < -0.39 is 0 Å². The summed E-state index contributed by atoms with van der Waals surface area (Å²) in [5, 5.41) is 5.00. The Bertz CT molecular complexity index is 5690. The van der Waals surface area contributed by atoms with E-state index in [4.69, 9.17) is 4.74 Å². The molecule has 0 unspecified atom stereocenters. The van der Waals surface area contributed by atoms with Crippen LogP contribution in [0.4, 0.5) is 85.3 Å². The molecule has 16 aromatic rings. The van der Waals surface area contributed by atoms with Crippen LogP contribution in [0.2, 0.25) is 0 Å². The summed E-state index contributed by atoms with van der Waals surface area (Å²) in [6, 6.07) is 119. The van der Waals surface area contributed by atoms with Crippen LogP contribution in [-0.4, -0.2) is 13.4 Å². The number of benzene rings is 14. The van der Waals surface area contributed by atoms with Gasteiger partial charge in [0.2, 0.25) is 0 Å². The Morgan fingerprint density at radius 1 is 0.266 bits per heavy atom. The molecule has 0 spiro atoms. The highest BCUT2D eigenvalue weighted by molar-refractivity contribution is 7.27. The Hall–Kier alpha value is -11.6. The normalized spacial score (nSPS) is 13.1. The molecule has 2 aromatic heterocycles. The van der Waals surface area contributed by atoms with Crippen LogP contribution in [0.1, 0.15) is 0 Å². The zero-order chi connectivity index (χ0) is 61.5. The zero-order valence-electron chi connectivity index (χ0n) is 50.7. The van der Waals surface area contributed by atoms with E-state index in [0.29, 0.717) is 0 Å². The maximum Gasteiger partial charge on any atom is 0.256 e. The van der Waals surface area contributed by atoms with Crippen LogP contribution < -0.4 is 62.0 Å². The topological polar surface area (TPSA) is 25.4 Å². The predicted molar refractivity (Wildman–Crippen MR) is 401 cm³/mol. The summed E-state index contributed by atoms with van der Waals surface area (Å²) in [6.07, 6.45) is 0. The largest absolute Gasteiger partial charge is 0.458 e. The van der Waals surface area contributed by atoms with Crippen molar-refractivity contribution in [2.75, 3.05) is 24.5 Å². The van der Waals surface area contributed by atoms with Gasteiger partial charge in [0.05, 0.1) is 32.1 Å². The number of hydrogen-bond donors (Lipinski definition) is 0. The maximum atomic E-state index is 7.42. The maximum absolute atomic E-state index is 7.42. The standard InChI is InChI=1S/C84H53B2N5OS2/c1-6-26-54(27-7-1)87(55-28-8-2-9-29-55)59-48-74-81-75(49-59)91(71-44-25-39-64-62-37-17-23-47-80(62)94-84(64)71)73-53-72-67(52-68(73)85(81)65-40-18-20-42-69(65)89(74)57-32-12-4-13-33-57)86-66-41-19-21-45-77(66)92-78-51-60(50-76(82(78)86)90(72)58-34-14-5-15-35-58)88(56-30-10-3-11-31-56)70-43-24-38-63-61-36-16-22-46-79(61)93-83(63)70/h1-53H. The summed E-state index contributed by atoms with van der Waals surface area (Å²) in [4.78, 5) is 12.6. The molecule has 0 aliphatic carbocycles. The number of para-hydroxylation sites is 7. The van der Waals surface area contributed by atoms with Gasteiger partial charge < -0.3 is 29.2 Å². The van der Waals surface area contributed by atoms with Crippen LogP contribution in [0.5, 0.6) is 11.5 Å². The fourth-order valence-corrected chi connectivity index (χ4v) is 18.2. The SMILES string of the molecule is c1ccc(N(c2ccccc2)c2cc3c4c(c2)N(c2cccc5c2sc2ccccc25)c2cc5c(cc2B4c2ccccc2N3c2ccccc2)B2c3ccccc3Oc3cc(N(c4ccccc4)c4cccc6c4sc4ccccc46)cc(c32)N5c2ccccc2)cc1. The molecule has 0 saturated heterocycles. The molecule has 0 radical (unpaired) electrons. The number of hydrogen-bond acceptors (Lipinski definition) is 8. The smallest absolute Gasteiger partial charge is 0.256 e. The molecule has 94 heavy (non-hydrogen) atoms. The summed E-state index contributed by atoms with van der Waals surface area (Å²) < 4.78 is 12.4. The number of ether oxygens (including phenoxy) is 1. The molecule has 4 aliphatic heterocycles. The molecule has 10 heteroatoms. The second-order valence-electron chi connectivity index (χ2n) is 24.7. The van der Waals surface area contributed by atoms with Gasteiger partial charge in [0.25, 0.3) is 13.4 Å². The Balaban J connectivity index is 0.908. The van der Waals surface area contributed by atoms with Crippen molar-refractivity contribution < 1.29 is 4.74 Å². The molecule has 20 rings (SSSR count). The molecule has 6 heterocycles. The van der Waals surface area contributed by atoms with E-state index in [1.54, 1.807) is 0 Å². The van der Waals surface area contributed by atoms with Gasteiger partial charge in [-0.2, -0.15) is 0 Å². The van der Waals surface area contributed by atoms with Crippen molar-refractivity contribution in [2.45, 2.75) is 0 Å². The minimum Gasteiger partial charge on any atom is -0.458 e. The molecule has 0 saturated carbocycles. The molecule has 0 amide bonds. The lowest BCUT2D eigenvalue weighted by atomic mass is 9.30. The molecule has 0 fully saturated rings. The van der Waals surface area contributed by atoms with Crippen molar-refractivity contribution >= 4 is 195 Å². The molecule has 0 bridgehead atoms. The second kappa shape index (κ2) is 21.0. The van der Waals surface area contributed by atoms with E-state index in [9.17, 15) is 0 Å². The first-order valence-electron chi connectivity index (χ1n) is 32.1. The fraction of sp³-hybridized carbons (Fsp3) is 0. The highest BCUT2D eigenvalue weighted by Gasteiger charge is 2.49. The van der Waals surface area contributed by atoms with E-state index >= 15 is 0 Å². The lowest BCUT2D eigenvalue weighted by Crippen LogP contribution is -2.64. The first-order valence-corrected chi connectivity index (χ1v) is 33.8. The predicted octanol–water partition coefficient (Wildman–Crippen LogP) is 19.8. The van der Waals surface area contributed by atoms with Gasteiger partial charge in [-0.25, -0.2) is 0 Å². The van der Waals surface area contributed by atoms with Crippen LogP contribution in [0.15, 0.2) is 322 Å². The quantitative estimate of drug-likeness (QED) is 0.134. The van der Waals surface area contributed by atoms with Gasteiger partial charge in [0.15, 0.2) is 0 Å². The lowest BCUT2D eigenvalue weighted by molar-refractivity contribution is 0.487. The molecular weight excluding hydrogens is 1180 g/mol. The van der Waals surface area contributed by atoms with E-state index in [-0.39, 0.29) is 13.4 Å². The number of thiophene rings is 2. The monoisotopic (exact) mass is 1230 g/mol. The van der Waals surface area contributed by atoms with E-state index in [1.165, 1.54) is 62.2 Å². The van der Waals surface area contributed by atoms with Gasteiger partial charge in [-0.3, -0.25) is 0 Å². The minimum absolute atomic E-state index is 0.185. The lowest BCUT2D eigenvalue weighted by Gasteiger charge is -2.47. The molecule has 0 atom stereocenters. The van der Waals surface area contributed by atoms with E-state index in [2.05, 4.69) is 346 Å².